The number of carbonyl (C=O) groups excluding carboxylic acids is 1. The summed E-state index contributed by atoms with van der Waals surface area (Å²) in [6.45, 7) is 1.37. The van der Waals surface area contributed by atoms with E-state index in [0.29, 0.717) is 11.6 Å². The fourth-order valence-electron chi connectivity index (χ4n) is 2.45. The molecule has 0 spiro atoms. The Morgan fingerprint density at radius 1 is 1.53 bits per heavy atom. The highest BCUT2D eigenvalue weighted by Crippen LogP contribution is 2.24. The smallest absolute Gasteiger partial charge is 0.323 e. The summed E-state index contributed by atoms with van der Waals surface area (Å²) in [7, 11) is 1.40. The van der Waals surface area contributed by atoms with Gasteiger partial charge in [-0.1, -0.05) is 24.1 Å². The Morgan fingerprint density at radius 3 is 3.00 bits per heavy atom. The van der Waals surface area contributed by atoms with Crippen LogP contribution in [0.1, 0.15) is 24.8 Å². The molecule has 0 aliphatic carbocycles. The maximum absolute atomic E-state index is 13.0. The second kappa shape index (κ2) is 6.35. The van der Waals surface area contributed by atoms with Gasteiger partial charge in [-0.15, -0.1) is 0 Å². The molecule has 0 amide bonds. The van der Waals surface area contributed by atoms with E-state index in [-0.39, 0.29) is 17.8 Å². The van der Waals surface area contributed by atoms with Crippen molar-refractivity contribution < 1.29 is 13.9 Å². The Morgan fingerprint density at radius 2 is 2.32 bits per heavy atom. The maximum Gasteiger partial charge on any atom is 0.323 e. The number of nitrogens with zero attached hydrogens (tertiary/aromatic N) is 1. The van der Waals surface area contributed by atoms with Crippen LogP contribution in [0.4, 0.5) is 4.39 Å². The van der Waals surface area contributed by atoms with Crippen molar-refractivity contribution in [3.8, 4) is 0 Å². The fourth-order valence-corrected chi connectivity index (χ4v) is 2.68. The molecule has 1 aliphatic heterocycles. The lowest BCUT2D eigenvalue weighted by molar-refractivity contribution is -0.148. The first-order valence-electron chi connectivity index (χ1n) is 6.37. The van der Waals surface area contributed by atoms with Crippen molar-refractivity contribution in [1.29, 1.82) is 0 Å². The summed E-state index contributed by atoms with van der Waals surface area (Å²) in [5.41, 5.74) is 0.832. The van der Waals surface area contributed by atoms with Gasteiger partial charge in [0, 0.05) is 11.6 Å². The van der Waals surface area contributed by atoms with Crippen molar-refractivity contribution in [2.75, 3.05) is 13.7 Å². The summed E-state index contributed by atoms with van der Waals surface area (Å²) in [4.78, 5) is 13.8. The predicted molar refractivity (Wildman–Crippen MR) is 71.5 cm³/mol. The Bertz CT molecular complexity index is 467. The second-order valence-corrected chi connectivity index (χ2v) is 5.15. The minimum absolute atomic E-state index is 0.210. The number of rotatable bonds is 3. The van der Waals surface area contributed by atoms with Crippen LogP contribution in [0.3, 0.4) is 0 Å². The van der Waals surface area contributed by atoms with Gasteiger partial charge in [-0.05, 0) is 37.1 Å². The van der Waals surface area contributed by atoms with Crippen molar-refractivity contribution in [3.05, 3.63) is 34.6 Å². The Labute approximate surface area is 117 Å². The molecule has 3 nitrogen and oxygen atoms in total. The van der Waals surface area contributed by atoms with Crippen molar-refractivity contribution in [2.24, 2.45) is 0 Å². The standard InChI is InChI=1S/C14H17ClFNO2/c1-19-14(18)13-4-2-3-7-17(13)9-10-5-6-11(16)8-12(10)15/h5-6,8,13H,2-4,7,9H2,1H3. The zero-order chi connectivity index (χ0) is 13.8. The third-order valence-electron chi connectivity index (χ3n) is 3.48. The number of carbonyl (C=O) groups is 1. The molecule has 1 atom stereocenters. The number of hydrogen-bond acceptors (Lipinski definition) is 3. The first-order chi connectivity index (χ1) is 9.11. The Hall–Kier alpha value is -1.13. The number of hydrogen-bond donors (Lipinski definition) is 0. The van der Waals surface area contributed by atoms with Gasteiger partial charge >= 0.3 is 5.97 Å². The minimum Gasteiger partial charge on any atom is -0.468 e. The Kier molecular flexibility index (Phi) is 4.77. The number of ether oxygens (including phenoxy) is 1. The molecule has 1 aliphatic rings. The molecule has 0 radical (unpaired) electrons. The van der Waals surface area contributed by atoms with Crippen molar-refractivity contribution >= 4 is 17.6 Å². The molecule has 0 bridgehead atoms. The molecule has 1 unspecified atom stereocenters. The number of benzene rings is 1. The van der Waals surface area contributed by atoms with E-state index in [1.165, 1.54) is 19.2 Å². The highest BCUT2D eigenvalue weighted by atomic mass is 35.5. The van der Waals surface area contributed by atoms with E-state index in [1.54, 1.807) is 6.07 Å². The summed E-state index contributed by atoms with van der Waals surface area (Å²) in [5.74, 6) is -0.560. The van der Waals surface area contributed by atoms with E-state index in [9.17, 15) is 9.18 Å². The van der Waals surface area contributed by atoms with Crippen molar-refractivity contribution in [2.45, 2.75) is 31.8 Å². The van der Waals surface area contributed by atoms with E-state index in [2.05, 4.69) is 4.90 Å². The van der Waals surface area contributed by atoms with Crippen LogP contribution in [-0.2, 0) is 16.1 Å². The summed E-state index contributed by atoms with van der Waals surface area (Å²) in [5, 5.41) is 0.397. The van der Waals surface area contributed by atoms with Crippen molar-refractivity contribution in [3.63, 3.8) is 0 Å². The molecule has 1 fully saturated rings. The molecule has 1 heterocycles. The predicted octanol–water partition coefficient (Wildman–Crippen LogP) is 3.01. The molecule has 19 heavy (non-hydrogen) atoms. The third-order valence-corrected chi connectivity index (χ3v) is 3.83. The van der Waals surface area contributed by atoms with Gasteiger partial charge < -0.3 is 4.74 Å². The van der Waals surface area contributed by atoms with Gasteiger partial charge in [0.25, 0.3) is 0 Å². The van der Waals surface area contributed by atoms with Crippen LogP contribution in [0.5, 0.6) is 0 Å². The van der Waals surface area contributed by atoms with E-state index in [0.717, 1.165) is 31.4 Å². The number of likely N-dealkylation sites (tertiary alicyclic amines) is 1. The second-order valence-electron chi connectivity index (χ2n) is 4.74. The van der Waals surface area contributed by atoms with E-state index >= 15 is 0 Å². The zero-order valence-electron chi connectivity index (χ0n) is 10.9. The monoisotopic (exact) mass is 285 g/mol. The fraction of sp³-hybridized carbons (Fsp3) is 0.500. The highest BCUT2D eigenvalue weighted by molar-refractivity contribution is 6.31. The summed E-state index contributed by atoms with van der Waals surface area (Å²) >= 11 is 6.03. The van der Waals surface area contributed by atoms with Gasteiger partial charge in [-0.3, -0.25) is 9.69 Å². The van der Waals surface area contributed by atoms with Crippen LogP contribution in [-0.4, -0.2) is 30.6 Å². The lowest BCUT2D eigenvalue weighted by Gasteiger charge is -2.33. The molecule has 1 aromatic carbocycles. The molecule has 0 N–H and O–H groups in total. The summed E-state index contributed by atoms with van der Waals surface area (Å²) in [6.07, 6.45) is 2.87. The van der Waals surface area contributed by atoms with Crippen molar-refractivity contribution in [1.82, 2.24) is 4.90 Å². The van der Waals surface area contributed by atoms with Crippen LogP contribution in [0, 0.1) is 5.82 Å². The number of halogens is 2. The van der Waals surface area contributed by atoms with Crippen LogP contribution in [0.25, 0.3) is 0 Å². The van der Waals surface area contributed by atoms with Crippen LogP contribution in [0.15, 0.2) is 18.2 Å². The highest BCUT2D eigenvalue weighted by Gasteiger charge is 2.29. The minimum atomic E-state index is -0.350. The molecule has 1 saturated heterocycles. The third kappa shape index (κ3) is 3.45. The maximum atomic E-state index is 13.0. The number of esters is 1. The number of piperidine rings is 1. The first-order valence-corrected chi connectivity index (χ1v) is 6.75. The summed E-state index contributed by atoms with van der Waals surface area (Å²) < 4.78 is 17.8. The SMILES string of the molecule is COC(=O)C1CCCCN1Cc1ccc(F)cc1Cl. The molecular formula is C14H17ClFNO2. The molecule has 0 aromatic heterocycles. The molecule has 104 valence electrons. The van der Waals surface area contributed by atoms with Crippen LogP contribution >= 0.6 is 11.6 Å². The molecule has 1 aromatic rings. The quantitative estimate of drug-likeness (QED) is 0.800. The van der Waals surface area contributed by atoms with Gasteiger partial charge in [0.15, 0.2) is 0 Å². The molecular weight excluding hydrogens is 269 g/mol. The topological polar surface area (TPSA) is 29.5 Å². The normalized spacial score (nSPS) is 20.3. The average Bonchev–Trinajstić information content (AvgIpc) is 2.41. The first kappa shape index (κ1) is 14.3. The molecule has 2 rings (SSSR count). The Balaban J connectivity index is 2.13. The van der Waals surface area contributed by atoms with Gasteiger partial charge in [-0.25, -0.2) is 4.39 Å². The summed E-state index contributed by atoms with van der Waals surface area (Å²) in [6, 6.07) is 4.13. The number of methoxy groups -OCH3 is 1. The van der Waals surface area contributed by atoms with E-state index < -0.39 is 0 Å². The molecule has 5 heteroatoms. The van der Waals surface area contributed by atoms with E-state index in [4.69, 9.17) is 16.3 Å². The van der Waals surface area contributed by atoms with Gasteiger partial charge in [0.05, 0.1) is 7.11 Å². The van der Waals surface area contributed by atoms with Crippen LogP contribution in [0.2, 0.25) is 5.02 Å². The lowest BCUT2D eigenvalue weighted by atomic mass is 10.0. The largest absolute Gasteiger partial charge is 0.468 e. The van der Waals surface area contributed by atoms with Gasteiger partial charge in [0.2, 0.25) is 0 Å². The molecule has 0 saturated carbocycles. The lowest BCUT2D eigenvalue weighted by Crippen LogP contribution is -2.44. The van der Waals surface area contributed by atoms with E-state index in [1.807, 2.05) is 0 Å². The average molecular weight is 286 g/mol. The zero-order valence-corrected chi connectivity index (χ0v) is 11.6. The van der Waals surface area contributed by atoms with Gasteiger partial charge in [0.1, 0.15) is 11.9 Å². The van der Waals surface area contributed by atoms with Crippen LogP contribution < -0.4 is 0 Å². The van der Waals surface area contributed by atoms with Gasteiger partial charge in [-0.2, -0.15) is 0 Å².